The van der Waals surface area contributed by atoms with E-state index >= 15 is 0 Å². The van der Waals surface area contributed by atoms with Gasteiger partial charge in [-0.1, -0.05) is 18.8 Å². The van der Waals surface area contributed by atoms with Crippen molar-refractivity contribution in [3.63, 3.8) is 0 Å². The van der Waals surface area contributed by atoms with E-state index in [2.05, 4.69) is 16.6 Å². The largest absolute Gasteiger partial charge is 0.320 e. The van der Waals surface area contributed by atoms with Crippen molar-refractivity contribution in [3.8, 4) is 11.8 Å². The molecule has 1 aliphatic carbocycles. The fourth-order valence-electron chi connectivity index (χ4n) is 2.57. The highest BCUT2D eigenvalue weighted by atomic mass is 32.2. The van der Waals surface area contributed by atoms with Gasteiger partial charge in [0.15, 0.2) is 0 Å². The summed E-state index contributed by atoms with van der Waals surface area (Å²) in [5, 5.41) is 0. The predicted molar refractivity (Wildman–Crippen MR) is 84.3 cm³/mol. The van der Waals surface area contributed by atoms with Crippen LogP contribution in [0.1, 0.15) is 43.7 Å². The normalized spacial score (nSPS) is 16.7. The molecule has 0 atom stereocenters. The maximum atomic E-state index is 12.5. The highest BCUT2D eigenvalue weighted by molar-refractivity contribution is 7.89. The summed E-state index contributed by atoms with van der Waals surface area (Å²) in [6.07, 6.45) is 3.75. The van der Waals surface area contributed by atoms with Crippen molar-refractivity contribution in [2.45, 2.75) is 50.0 Å². The van der Waals surface area contributed by atoms with E-state index < -0.39 is 10.0 Å². The first-order valence-corrected chi connectivity index (χ1v) is 8.74. The first kappa shape index (κ1) is 16.0. The Morgan fingerprint density at radius 3 is 2.57 bits per heavy atom. The minimum atomic E-state index is -3.47. The fourth-order valence-corrected chi connectivity index (χ4v) is 4.18. The van der Waals surface area contributed by atoms with Gasteiger partial charge in [0, 0.05) is 11.1 Å². The van der Waals surface area contributed by atoms with Crippen LogP contribution in [0.5, 0.6) is 0 Å². The van der Waals surface area contributed by atoms with Gasteiger partial charge in [-0.15, -0.1) is 0 Å². The van der Waals surface area contributed by atoms with Crippen LogP contribution in [0, 0.1) is 18.8 Å². The topological polar surface area (TPSA) is 72.2 Å². The van der Waals surface area contributed by atoms with Crippen LogP contribution in [0.15, 0.2) is 23.1 Å². The van der Waals surface area contributed by atoms with Crippen molar-refractivity contribution in [3.05, 3.63) is 29.3 Å². The summed E-state index contributed by atoms with van der Waals surface area (Å²) in [6.45, 7) is 4.18. The number of benzene rings is 1. The van der Waals surface area contributed by atoms with Crippen LogP contribution in [0.25, 0.3) is 0 Å². The van der Waals surface area contributed by atoms with Gasteiger partial charge in [-0.05, 0) is 56.4 Å². The third-order valence-corrected chi connectivity index (χ3v) is 5.75. The second-order valence-electron chi connectivity index (χ2n) is 5.58. The van der Waals surface area contributed by atoms with Crippen LogP contribution in [0.3, 0.4) is 0 Å². The summed E-state index contributed by atoms with van der Waals surface area (Å²) in [4.78, 5) is 0.304. The molecule has 0 radical (unpaired) electrons. The number of hydrogen-bond acceptors (Lipinski definition) is 3. The minimum Gasteiger partial charge on any atom is -0.320 e. The van der Waals surface area contributed by atoms with E-state index in [1.165, 1.54) is 0 Å². The summed E-state index contributed by atoms with van der Waals surface area (Å²) < 4.78 is 27.9. The standard InChI is InChI=1S/C16H22N2O2S/c1-3-16(9-5-10-16)18-21(19,20)15-8-7-14(6-4-11-17)13(2)12-15/h7-8,12,18H,3,5,9-11,17H2,1-2H3. The number of sulfonamides is 1. The van der Waals surface area contributed by atoms with Gasteiger partial charge in [0.1, 0.15) is 0 Å². The van der Waals surface area contributed by atoms with Crippen LogP contribution >= 0.6 is 0 Å². The average molecular weight is 306 g/mol. The van der Waals surface area contributed by atoms with Crippen LogP contribution in [-0.4, -0.2) is 20.5 Å². The molecule has 1 fully saturated rings. The maximum Gasteiger partial charge on any atom is 0.241 e. The first-order chi connectivity index (χ1) is 9.92. The molecule has 5 heteroatoms. The fraction of sp³-hybridized carbons (Fsp3) is 0.500. The quantitative estimate of drug-likeness (QED) is 0.835. The third-order valence-electron chi connectivity index (χ3n) is 4.17. The molecule has 1 saturated carbocycles. The van der Waals surface area contributed by atoms with E-state index in [1.807, 2.05) is 13.8 Å². The zero-order valence-corrected chi connectivity index (χ0v) is 13.4. The number of nitrogens with one attached hydrogen (secondary N) is 1. The first-order valence-electron chi connectivity index (χ1n) is 7.26. The number of hydrogen-bond donors (Lipinski definition) is 2. The second kappa shape index (κ2) is 6.18. The molecular formula is C16H22N2O2S. The van der Waals surface area contributed by atoms with Crippen LogP contribution in [-0.2, 0) is 10.0 Å². The van der Waals surface area contributed by atoms with Crippen molar-refractivity contribution < 1.29 is 8.42 Å². The molecule has 0 aliphatic heterocycles. The Morgan fingerprint density at radius 1 is 1.38 bits per heavy atom. The molecule has 0 aromatic heterocycles. The van der Waals surface area contributed by atoms with Crippen molar-refractivity contribution in [2.24, 2.45) is 5.73 Å². The number of nitrogens with two attached hydrogens (primary N) is 1. The van der Waals surface area contributed by atoms with Crippen LogP contribution < -0.4 is 10.5 Å². The molecule has 1 aliphatic rings. The van der Waals surface area contributed by atoms with Crippen molar-refractivity contribution in [1.29, 1.82) is 0 Å². The SMILES string of the molecule is CCC1(NS(=O)(=O)c2ccc(C#CCN)c(C)c2)CCC1. The molecular weight excluding hydrogens is 284 g/mol. The van der Waals surface area contributed by atoms with Gasteiger partial charge in [0.05, 0.1) is 11.4 Å². The molecule has 0 spiro atoms. The molecule has 0 heterocycles. The van der Waals surface area contributed by atoms with Gasteiger partial charge in [0.25, 0.3) is 0 Å². The van der Waals surface area contributed by atoms with E-state index in [-0.39, 0.29) is 5.54 Å². The van der Waals surface area contributed by atoms with Crippen LogP contribution in [0.4, 0.5) is 0 Å². The molecule has 21 heavy (non-hydrogen) atoms. The van der Waals surface area contributed by atoms with E-state index in [9.17, 15) is 8.42 Å². The Hall–Kier alpha value is -1.35. The predicted octanol–water partition coefficient (Wildman–Crippen LogP) is 1.92. The smallest absolute Gasteiger partial charge is 0.241 e. The molecule has 3 N–H and O–H groups in total. The summed E-state index contributed by atoms with van der Waals surface area (Å²) in [5.74, 6) is 5.72. The number of aryl methyl sites for hydroxylation is 1. The maximum absolute atomic E-state index is 12.5. The van der Waals surface area contributed by atoms with Crippen molar-refractivity contribution in [2.75, 3.05) is 6.54 Å². The van der Waals surface area contributed by atoms with E-state index in [0.717, 1.165) is 36.8 Å². The Bertz CT molecular complexity index is 674. The summed E-state index contributed by atoms with van der Waals surface area (Å²) in [5.41, 5.74) is 6.77. The Labute approximate surface area is 127 Å². The lowest BCUT2D eigenvalue weighted by molar-refractivity contribution is 0.214. The van der Waals surface area contributed by atoms with Crippen molar-refractivity contribution in [1.82, 2.24) is 4.72 Å². The Morgan fingerprint density at radius 2 is 2.10 bits per heavy atom. The summed E-state index contributed by atoms with van der Waals surface area (Å²) in [6, 6.07) is 5.02. The zero-order chi connectivity index (χ0) is 15.5. The highest BCUT2D eigenvalue weighted by Gasteiger charge is 2.39. The molecule has 2 rings (SSSR count). The minimum absolute atomic E-state index is 0.245. The second-order valence-corrected chi connectivity index (χ2v) is 7.26. The van der Waals surface area contributed by atoms with Gasteiger partial charge in [0.2, 0.25) is 10.0 Å². The lowest BCUT2D eigenvalue weighted by Crippen LogP contribution is -2.52. The van der Waals surface area contributed by atoms with E-state index in [0.29, 0.717) is 11.4 Å². The zero-order valence-electron chi connectivity index (χ0n) is 12.6. The highest BCUT2D eigenvalue weighted by Crippen LogP contribution is 2.36. The van der Waals surface area contributed by atoms with E-state index in [4.69, 9.17) is 5.73 Å². The summed E-state index contributed by atoms with van der Waals surface area (Å²) in [7, 11) is -3.47. The lowest BCUT2D eigenvalue weighted by Gasteiger charge is -2.41. The van der Waals surface area contributed by atoms with Gasteiger partial charge in [-0.3, -0.25) is 0 Å². The molecule has 0 saturated heterocycles. The lowest BCUT2D eigenvalue weighted by atomic mass is 9.76. The molecule has 0 bridgehead atoms. The van der Waals surface area contributed by atoms with Crippen LogP contribution in [0.2, 0.25) is 0 Å². The van der Waals surface area contributed by atoms with Gasteiger partial charge in [-0.2, -0.15) is 0 Å². The molecule has 4 nitrogen and oxygen atoms in total. The molecule has 1 aromatic rings. The van der Waals surface area contributed by atoms with E-state index in [1.54, 1.807) is 18.2 Å². The summed E-state index contributed by atoms with van der Waals surface area (Å²) >= 11 is 0. The molecule has 0 amide bonds. The Balaban J connectivity index is 2.26. The van der Waals surface area contributed by atoms with Gasteiger partial charge in [-0.25, -0.2) is 13.1 Å². The van der Waals surface area contributed by atoms with Gasteiger partial charge < -0.3 is 5.73 Å². The molecule has 1 aromatic carbocycles. The molecule has 0 unspecified atom stereocenters. The monoisotopic (exact) mass is 306 g/mol. The molecule has 114 valence electrons. The number of rotatable bonds is 4. The van der Waals surface area contributed by atoms with Gasteiger partial charge >= 0.3 is 0 Å². The third kappa shape index (κ3) is 3.46. The Kier molecular flexibility index (Phi) is 4.72. The van der Waals surface area contributed by atoms with Crippen molar-refractivity contribution >= 4 is 10.0 Å². The average Bonchev–Trinajstić information content (AvgIpc) is 2.41.